The zero-order chi connectivity index (χ0) is 26.5. The highest BCUT2D eigenvalue weighted by atomic mass is 15.1. The topological polar surface area (TPSA) is 49.8 Å². The first-order chi connectivity index (χ1) is 19.8. The third-order valence-corrected chi connectivity index (χ3v) is 8.85. The summed E-state index contributed by atoms with van der Waals surface area (Å²) >= 11 is 0. The van der Waals surface area contributed by atoms with Crippen molar-refractivity contribution in [2.45, 2.75) is 37.0 Å². The monoisotopic (exact) mass is 518 g/mol. The van der Waals surface area contributed by atoms with E-state index >= 15 is 0 Å². The standard InChI is InChI=1S/C36H30N4/c1-3-11-25-19-37-27(17-23(25)9-1)21-39-35-33-29-13-5-7-15-31(29)34(32-16-8-6-14-30(32)33)36(35)40-22-28-18-24-10-2-4-12-26(24)20-38-28/h1-20,33-36,39-40H,21-22H2/t33?,34?,35-,36-/m1/s1. The molecular formula is C36H30N4. The lowest BCUT2D eigenvalue weighted by molar-refractivity contribution is 0.275. The molecule has 0 unspecified atom stereocenters. The van der Waals surface area contributed by atoms with Crippen molar-refractivity contribution in [3.05, 3.63) is 155 Å². The average molecular weight is 519 g/mol. The van der Waals surface area contributed by atoms with Crippen LogP contribution in [-0.2, 0) is 13.1 Å². The molecule has 0 aliphatic heterocycles. The molecule has 0 spiro atoms. The third-order valence-electron chi connectivity index (χ3n) is 8.85. The van der Waals surface area contributed by atoms with E-state index in [1.807, 2.05) is 12.4 Å². The van der Waals surface area contributed by atoms with Crippen LogP contribution in [0.15, 0.2) is 122 Å². The molecule has 0 saturated heterocycles. The SMILES string of the molecule is c1ccc2c(c1)C1c3ccccc3C2[C@@H](NCc2cc3ccccc3cn2)[C@@H]1NCc1cc2ccccc2cn1. The van der Waals surface area contributed by atoms with Gasteiger partial charge in [-0.2, -0.15) is 0 Å². The summed E-state index contributed by atoms with van der Waals surface area (Å²) in [5.74, 6) is 0.528. The van der Waals surface area contributed by atoms with Gasteiger partial charge in [0.2, 0.25) is 0 Å². The summed E-state index contributed by atoms with van der Waals surface area (Å²) in [5.41, 5.74) is 7.90. The fourth-order valence-corrected chi connectivity index (χ4v) is 7.06. The molecule has 2 N–H and O–H groups in total. The third kappa shape index (κ3) is 3.91. The Morgan fingerprint density at radius 3 is 1.20 bits per heavy atom. The molecule has 4 aromatic carbocycles. The van der Waals surface area contributed by atoms with Gasteiger partial charge in [0.1, 0.15) is 0 Å². The molecule has 0 fully saturated rings. The summed E-state index contributed by atoms with van der Waals surface area (Å²) in [7, 11) is 0. The van der Waals surface area contributed by atoms with Crippen molar-refractivity contribution in [1.82, 2.24) is 20.6 Å². The average Bonchev–Trinajstić information content (AvgIpc) is 3.02. The summed E-state index contributed by atoms with van der Waals surface area (Å²) in [6.45, 7) is 1.44. The van der Waals surface area contributed by atoms with E-state index < -0.39 is 0 Å². The highest BCUT2D eigenvalue weighted by Gasteiger charge is 2.49. The zero-order valence-corrected chi connectivity index (χ0v) is 22.2. The van der Waals surface area contributed by atoms with E-state index in [1.54, 1.807) is 0 Å². The number of pyridine rings is 2. The van der Waals surface area contributed by atoms with Gasteiger partial charge in [-0.05, 0) is 45.2 Å². The van der Waals surface area contributed by atoms with Crippen molar-refractivity contribution in [1.29, 1.82) is 0 Å². The molecule has 4 heteroatoms. The molecule has 6 aromatic rings. The maximum atomic E-state index is 4.80. The molecule has 0 saturated carbocycles. The molecule has 9 rings (SSSR count). The van der Waals surface area contributed by atoms with Crippen molar-refractivity contribution in [3.63, 3.8) is 0 Å². The fraction of sp³-hybridized carbons (Fsp3) is 0.167. The van der Waals surface area contributed by atoms with Crippen molar-refractivity contribution in [3.8, 4) is 0 Å². The first-order valence-corrected chi connectivity index (χ1v) is 14.2. The Hall–Kier alpha value is -4.38. The van der Waals surface area contributed by atoms with Gasteiger partial charge < -0.3 is 10.6 Å². The second kappa shape index (κ2) is 9.67. The number of hydrogen-bond acceptors (Lipinski definition) is 4. The first kappa shape index (κ1) is 23.5. The number of benzene rings is 4. The second-order valence-electron chi connectivity index (χ2n) is 11.1. The van der Waals surface area contributed by atoms with Crippen LogP contribution < -0.4 is 10.6 Å². The van der Waals surface area contributed by atoms with E-state index in [0.717, 1.165) is 24.5 Å². The van der Waals surface area contributed by atoms with Gasteiger partial charge in [0, 0.05) is 60.2 Å². The minimum Gasteiger partial charge on any atom is -0.306 e. The molecule has 40 heavy (non-hydrogen) atoms. The van der Waals surface area contributed by atoms with Crippen LogP contribution in [0.4, 0.5) is 0 Å². The summed E-state index contributed by atoms with van der Waals surface area (Å²) < 4.78 is 0. The predicted molar refractivity (Wildman–Crippen MR) is 161 cm³/mol. The van der Waals surface area contributed by atoms with Crippen LogP contribution in [-0.4, -0.2) is 22.1 Å². The van der Waals surface area contributed by atoms with E-state index in [2.05, 4.69) is 120 Å². The Bertz CT molecular complexity index is 1680. The second-order valence-corrected chi connectivity index (χ2v) is 11.1. The maximum Gasteiger partial charge on any atom is 0.0548 e. The molecule has 0 radical (unpaired) electrons. The molecule has 2 atom stereocenters. The number of nitrogens with one attached hydrogen (secondary N) is 2. The Labute approximate surface area is 234 Å². The van der Waals surface area contributed by atoms with E-state index in [1.165, 1.54) is 43.8 Å². The highest BCUT2D eigenvalue weighted by molar-refractivity contribution is 5.82. The van der Waals surface area contributed by atoms with Gasteiger partial charge >= 0.3 is 0 Å². The quantitative estimate of drug-likeness (QED) is 0.258. The first-order valence-electron chi connectivity index (χ1n) is 14.2. The smallest absolute Gasteiger partial charge is 0.0548 e. The molecular weight excluding hydrogens is 488 g/mol. The normalized spacial score (nSPS) is 20.9. The van der Waals surface area contributed by atoms with Gasteiger partial charge in [0.05, 0.1) is 11.4 Å². The van der Waals surface area contributed by atoms with Crippen molar-refractivity contribution in [2.24, 2.45) is 0 Å². The molecule has 3 aliphatic rings. The van der Waals surface area contributed by atoms with E-state index in [4.69, 9.17) is 9.97 Å². The molecule has 3 aliphatic carbocycles. The summed E-state index contributed by atoms with van der Waals surface area (Å²) in [6.07, 6.45) is 3.98. The van der Waals surface area contributed by atoms with E-state index in [-0.39, 0.29) is 23.9 Å². The Balaban J connectivity index is 1.16. The minimum atomic E-state index is 0.212. The molecule has 194 valence electrons. The minimum absolute atomic E-state index is 0.212. The molecule has 0 amide bonds. The van der Waals surface area contributed by atoms with Crippen LogP contribution in [0.3, 0.4) is 0 Å². The van der Waals surface area contributed by atoms with Gasteiger partial charge in [-0.15, -0.1) is 0 Å². The lowest BCUT2D eigenvalue weighted by atomic mass is 9.59. The van der Waals surface area contributed by atoms with Crippen molar-refractivity contribution >= 4 is 21.5 Å². The van der Waals surface area contributed by atoms with Gasteiger partial charge in [-0.3, -0.25) is 9.97 Å². The summed E-state index contributed by atoms with van der Waals surface area (Å²) in [4.78, 5) is 9.59. The largest absolute Gasteiger partial charge is 0.306 e. The summed E-state index contributed by atoms with van der Waals surface area (Å²) in [6, 6.07) is 39.8. The zero-order valence-electron chi connectivity index (χ0n) is 22.2. The molecule has 2 heterocycles. The van der Waals surface area contributed by atoms with Crippen molar-refractivity contribution < 1.29 is 0 Å². The fourth-order valence-electron chi connectivity index (χ4n) is 7.06. The van der Waals surface area contributed by atoms with Crippen molar-refractivity contribution in [2.75, 3.05) is 0 Å². The number of fused-ring (bicyclic) bond motifs is 3. The highest BCUT2D eigenvalue weighted by Crippen LogP contribution is 2.52. The van der Waals surface area contributed by atoms with Crippen LogP contribution in [0, 0.1) is 0 Å². The number of nitrogens with zero attached hydrogens (tertiary/aromatic N) is 2. The molecule has 2 aromatic heterocycles. The Kier molecular flexibility index (Phi) is 5.68. The van der Waals surface area contributed by atoms with Gasteiger partial charge in [-0.25, -0.2) is 0 Å². The summed E-state index contributed by atoms with van der Waals surface area (Å²) in [5, 5.41) is 12.8. The van der Waals surface area contributed by atoms with E-state index in [9.17, 15) is 0 Å². The van der Waals surface area contributed by atoms with E-state index in [0.29, 0.717) is 0 Å². The molecule has 2 bridgehead atoms. The Morgan fingerprint density at radius 2 is 0.800 bits per heavy atom. The number of rotatable bonds is 6. The van der Waals surface area contributed by atoms with Crippen LogP contribution in [0.1, 0.15) is 45.5 Å². The maximum absolute atomic E-state index is 4.80. The van der Waals surface area contributed by atoms with Gasteiger partial charge in [0.25, 0.3) is 0 Å². The van der Waals surface area contributed by atoms with Crippen LogP contribution in [0.25, 0.3) is 21.5 Å². The lowest BCUT2D eigenvalue weighted by Crippen LogP contribution is -2.59. The Morgan fingerprint density at radius 1 is 0.450 bits per heavy atom. The number of aromatic nitrogens is 2. The number of hydrogen-bond donors (Lipinski definition) is 2. The lowest BCUT2D eigenvalue weighted by Gasteiger charge is -2.51. The predicted octanol–water partition coefficient (Wildman–Crippen LogP) is 6.69. The van der Waals surface area contributed by atoms with Crippen LogP contribution in [0.5, 0.6) is 0 Å². The van der Waals surface area contributed by atoms with Gasteiger partial charge in [-0.1, -0.05) is 97.1 Å². The van der Waals surface area contributed by atoms with Gasteiger partial charge in [0.15, 0.2) is 0 Å². The van der Waals surface area contributed by atoms with Crippen LogP contribution >= 0.6 is 0 Å². The molecule has 4 nitrogen and oxygen atoms in total. The van der Waals surface area contributed by atoms with Crippen LogP contribution in [0.2, 0.25) is 0 Å².